The first-order valence-corrected chi connectivity index (χ1v) is 7.19. The monoisotopic (exact) mass is 214 g/mol. The molecule has 2 N–H and O–H groups in total. The third-order valence-corrected chi connectivity index (χ3v) is 5.09. The first-order valence-electron chi connectivity index (χ1n) is 6.19. The highest BCUT2D eigenvalue weighted by molar-refractivity contribution is 6.15. The Bertz CT molecular complexity index is 149. The zero-order valence-electron chi connectivity index (χ0n) is 10.0. The van der Waals surface area contributed by atoms with Crippen LogP contribution in [0.5, 0.6) is 0 Å². The molecule has 2 nitrogen and oxygen atoms in total. The quantitative estimate of drug-likeness (QED) is 0.527. The molecule has 0 saturated heterocycles. The molecule has 1 rings (SSSR count). The van der Waals surface area contributed by atoms with E-state index < -0.39 is 0 Å². The highest BCUT2D eigenvalue weighted by Gasteiger charge is 2.34. The Morgan fingerprint density at radius 1 is 1.07 bits per heavy atom. The molecule has 84 valence electrons. The van der Waals surface area contributed by atoms with Crippen molar-refractivity contribution < 1.29 is 0 Å². The lowest BCUT2D eigenvalue weighted by molar-refractivity contribution is 0.258. The van der Waals surface area contributed by atoms with E-state index in [1.807, 2.05) is 0 Å². The van der Waals surface area contributed by atoms with E-state index in [4.69, 9.17) is 0 Å². The predicted molar refractivity (Wildman–Crippen MR) is 66.9 cm³/mol. The molecule has 0 heterocycles. The van der Waals surface area contributed by atoms with Crippen LogP contribution >= 0.6 is 0 Å². The molecule has 0 atom stereocenters. The maximum atomic E-state index is 3.62. The summed E-state index contributed by atoms with van der Waals surface area (Å²) in [6.45, 7) is 6.58. The molecule has 1 aliphatic carbocycles. The Balaban J connectivity index is 2.53. The van der Waals surface area contributed by atoms with E-state index in [0.29, 0.717) is 11.2 Å². The summed E-state index contributed by atoms with van der Waals surface area (Å²) in [6.07, 6.45) is 7.78. The third-order valence-electron chi connectivity index (χ3n) is 3.51. The second-order valence-electron chi connectivity index (χ2n) is 4.76. The minimum absolute atomic E-state index is 0.574. The molecule has 0 spiro atoms. The molecule has 0 aromatic carbocycles. The van der Waals surface area contributed by atoms with Crippen LogP contribution in [0.4, 0.5) is 0 Å². The summed E-state index contributed by atoms with van der Waals surface area (Å²) in [4.78, 5) is 0. The van der Waals surface area contributed by atoms with Crippen LogP contribution in [0.2, 0.25) is 5.04 Å². The molecule has 0 aromatic heterocycles. The molecule has 1 fully saturated rings. The molecule has 3 heteroatoms. The van der Waals surface area contributed by atoms with Crippen molar-refractivity contribution in [3.63, 3.8) is 0 Å². The Kier molecular flexibility index (Phi) is 5.13. The van der Waals surface area contributed by atoms with Crippen LogP contribution < -0.4 is 10.6 Å². The van der Waals surface area contributed by atoms with Gasteiger partial charge in [-0.25, -0.2) is 0 Å². The van der Waals surface area contributed by atoms with Gasteiger partial charge in [0.15, 0.2) is 0 Å². The standard InChI is InChI=1S/C11H26N2Si/c1-3-12-10(13-4-2)11(14)8-6-5-7-9-11/h10,12-13H,3-9H2,1-2,14H3. The van der Waals surface area contributed by atoms with Crippen molar-refractivity contribution in [1.29, 1.82) is 0 Å². The molecule has 1 saturated carbocycles. The van der Waals surface area contributed by atoms with Crippen LogP contribution in [0.3, 0.4) is 0 Å². The van der Waals surface area contributed by atoms with Gasteiger partial charge in [0.25, 0.3) is 0 Å². The van der Waals surface area contributed by atoms with Crippen molar-refractivity contribution in [3.05, 3.63) is 0 Å². The fraction of sp³-hybridized carbons (Fsp3) is 1.00. The Labute approximate surface area is 91.7 Å². The third kappa shape index (κ3) is 3.07. The highest BCUT2D eigenvalue weighted by atomic mass is 28.1. The van der Waals surface area contributed by atoms with Crippen LogP contribution in [0.1, 0.15) is 46.0 Å². The summed E-state index contributed by atoms with van der Waals surface area (Å²) in [5.74, 6) is 0. The van der Waals surface area contributed by atoms with Crippen molar-refractivity contribution in [2.45, 2.75) is 57.2 Å². The summed E-state index contributed by atoms with van der Waals surface area (Å²) in [7, 11) is 1.32. The van der Waals surface area contributed by atoms with Gasteiger partial charge in [-0.15, -0.1) is 0 Å². The summed E-state index contributed by atoms with van der Waals surface area (Å²) in [5, 5.41) is 7.85. The van der Waals surface area contributed by atoms with Crippen molar-refractivity contribution in [3.8, 4) is 0 Å². The predicted octanol–water partition coefficient (Wildman–Crippen LogP) is 1.02. The molecule has 0 unspecified atom stereocenters. The molecule has 0 amide bonds. The van der Waals surface area contributed by atoms with E-state index in [9.17, 15) is 0 Å². The molecular weight excluding hydrogens is 188 g/mol. The van der Waals surface area contributed by atoms with E-state index >= 15 is 0 Å². The minimum atomic E-state index is 0.574. The summed E-state index contributed by atoms with van der Waals surface area (Å²) in [5.41, 5.74) is 0. The van der Waals surface area contributed by atoms with Crippen LogP contribution in [-0.4, -0.2) is 29.5 Å². The largest absolute Gasteiger partial charge is 0.302 e. The molecule has 14 heavy (non-hydrogen) atoms. The normalized spacial score (nSPS) is 21.6. The average molecular weight is 214 g/mol. The summed E-state index contributed by atoms with van der Waals surface area (Å²) >= 11 is 0. The molecular formula is C11H26N2Si. The zero-order valence-corrected chi connectivity index (χ0v) is 12.0. The van der Waals surface area contributed by atoms with Crippen molar-refractivity contribution in [1.82, 2.24) is 10.6 Å². The van der Waals surface area contributed by atoms with Crippen LogP contribution in [0, 0.1) is 0 Å². The minimum Gasteiger partial charge on any atom is -0.302 e. The highest BCUT2D eigenvalue weighted by Crippen LogP contribution is 2.41. The first kappa shape index (κ1) is 12.2. The molecule has 0 aliphatic heterocycles. The molecule has 0 bridgehead atoms. The molecule has 0 radical (unpaired) electrons. The topological polar surface area (TPSA) is 24.1 Å². The lowest BCUT2D eigenvalue weighted by Gasteiger charge is -2.41. The Morgan fingerprint density at radius 2 is 1.57 bits per heavy atom. The SMILES string of the molecule is CCNC(NCC)C1([SiH3])CCCCC1. The van der Waals surface area contributed by atoms with Gasteiger partial charge in [-0.3, -0.25) is 0 Å². The van der Waals surface area contributed by atoms with Crippen LogP contribution in [-0.2, 0) is 0 Å². The van der Waals surface area contributed by atoms with Gasteiger partial charge in [-0.05, 0) is 31.0 Å². The van der Waals surface area contributed by atoms with Gasteiger partial charge in [-0.1, -0.05) is 33.1 Å². The molecule has 0 aromatic rings. The Morgan fingerprint density at radius 3 is 2.00 bits per heavy atom. The second kappa shape index (κ2) is 5.88. The maximum Gasteiger partial charge on any atom is 0.0595 e. The van der Waals surface area contributed by atoms with Crippen molar-refractivity contribution in [2.24, 2.45) is 0 Å². The second-order valence-corrected chi connectivity index (χ2v) is 6.75. The summed E-state index contributed by atoms with van der Waals surface area (Å²) < 4.78 is 0. The number of nitrogens with one attached hydrogen (secondary N) is 2. The number of hydrogen-bond donors (Lipinski definition) is 2. The zero-order chi connectivity index (χ0) is 10.4. The lowest BCUT2D eigenvalue weighted by Crippen LogP contribution is -2.51. The van der Waals surface area contributed by atoms with Gasteiger partial charge < -0.3 is 10.6 Å². The van der Waals surface area contributed by atoms with Gasteiger partial charge in [0.2, 0.25) is 0 Å². The Hall–Kier alpha value is 0.137. The van der Waals surface area contributed by atoms with Crippen LogP contribution in [0.15, 0.2) is 0 Å². The van der Waals surface area contributed by atoms with Crippen molar-refractivity contribution in [2.75, 3.05) is 13.1 Å². The van der Waals surface area contributed by atoms with E-state index in [1.54, 1.807) is 0 Å². The van der Waals surface area contributed by atoms with Gasteiger partial charge in [0.05, 0.1) is 6.17 Å². The van der Waals surface area contributed by atoms with Gasteiger partial charge >= 0.3 is 0 Å². The van der Waals surface area contributed by atoms with Gasteiger partial charge in [-0.2, -0.15) is 0 Å². The fourth-order valence-electron chi connectivity index (χ4n) is 2.62. The van der Waals surface area contributed by atoms with Crippen LogP contribution in [0.25, 0.3) is 0 Å². The smallest absolute Gasteiger partial charge is 0.0595 e. The summed E-state index contributed by atoms with van der Waals surface area (Å²) in [6, 6.07) is 0. The lowest BCUT2D eigenvalue weighted by atomic mass is 9.85. The molecule has 1 aliphatic rings. The first-order chi connectivity index (χ1) is 6.73. The number of hydrogen-bond acceptors (Lipinski definition) is 2. The maximum absolute atomic E-state index is 3.62. The number of rotatable bonds is 5. The average Bonchev–Trinajstić information content (AvgIpc) is 2.19. The fourth-order valence-corrected chi connectivity index (χ4v) is 3.74. The van der Waals surface area contributed by atoms with E-state index in [0.717, 1.165) is 13.1 Å². The van der Waals surface area contributed by atoms with E-state index in [-0.39, 0.29) is 0 Å². The van der Waals surface area contributed by atoms with E-state index in [2.05, 4.69) is 24.5 Å². The van der Waals surface area contributed by atoms with E-state index in [1.165, 1.54) is 42.3 Å². The van der Waals surface area contributed by atoms with Crippen molar-refractivity contribution >= 4 is 10.2 Å². The van der Waals surface area contributed by atoms with Gasteiger partial charge in [0, 0.05) is 10.2 Å². The van der Waals surface area contributed by atoms with Gasteiger partial charge in [0.1, 0.15) is 0 Å².